The summed E-state index contributed by atoms with van der Waals surface area (Å²) in [5.74, 6) is -1.46. The van der Waals surface area contributed by atoms with E-state index in [1.54, 1.807) is 13.8 Å². The summed E-state index contributed by atoms with van der Waals surface area (Å²) in [6, 6.07) is 3.03. The molecule has 0 aliphatic carbocycles. The SMILES string of the molecule is CCOC(=O)COc1c(Cl)cc(/C=C2\SC(=O)N(CC(=O)O[C@H](C)CC)C2=O)cc1OC. The van der Waals surface area contributed by atoms with E-state index >= 15 is 0 Å². The second-order valence-corrected chi connectivity index (χ2v) is 8.00. The molecule has 0 N–H and O–H groups in total. The van der Waals surface area contributed by atoms with Crippen LogP contribution in [-0.4, -0.2) is 61.0 Å². The van der Waals surface area contributed by atoms with Crippen molar-refractivity contribution in [1.82, 2.24) is 4.90 Å². The Morgan fingerprint density at radius 3 is 2.56 bits per heavy atom. The number of carbonyl (C=O) groups is 4. The summed E-state index contributed by atoms with van der Waals surface area (Å²) in [5.41, 5.74) is 0.461. The van der Waals surface area contributed by atoms with Gasteiger partial charge in [-0.2, -0.15) is 0 Å². The Bertz CT molecular complexity index is 933. The summed E-state index contributed by atoms with van der Waals surface area (Å²) in [6.07, 6.45) is 1.77. The van der Waals surface area contributed by atoms with E-state index < -0.39 is 29.6 Å². The highest BCUT2D eigenvalue weighted by atomic mass is 35.5. The molecule has 174 valence electrons. The lowest BCUT2D eigenvalue weighted by molar-refractivity contribution is -0.150. The van der Waals surface area contributed by atoms with Gasteiger partial charge >= 0.3 is 11.9 Å². The smallest absolute Gasteiger partial charge is 0.344 e. The predicted molar refractivity (Wildman–Crippen MR) is 119 cm³/mol. The van der Waals surface area contributed by atoms with Gasteiger partial charge in [0.2, 0.25) is 0 Å². The third-order valence-electron chi connectivity index (χ3n) is 4.26. The molecular formula is C21H24ClNO8S. The molecule has 0 radical (unpaired) electrons. The van der Waals surface area contributed by atoms with Gasteiger partial charge in [0.05, 0.1) is 29.7 Å². The molecule has 0 spiro atoms. The van der Waals surface area contributed by atoms with Crippen LogP contribution in [0.25, 0.3) is 6.08 Å². The number of benzene rings is 1. The van der Waals surface area contributed by atoms with E-state index in [9.17, 15) is 19.2 Å². The molecule has 1 aromatic carbocycles. The van der Waals surface area contributed by atoms with Crippen LogP contribution < -0.4 is 9.47 Å². The summed E-state index contributed by atoms with van der Waals surface area (Å²) in [4.78, 5) is 49.3. The van der Waals surface area contributed by atoms with Crippen LogP contribution in [-0.2, 0) is 23.9 Å². The van der Waals surface area contributed by atoms with Gasteiger partial charge < -0.3 is 18.9 Å². The van der Waals surface area contributed by atoms with Crippen molar-refractivity contribution in [2.24, 2.45) is 0 Å². The van der Waals surface area contributed by atoms with E-state index in [-0.39, 0.29) is 40.7 Å². The molecule has 1 saturated heterocycles. The normalized spacial score (nSPS) is 15.7. The number of methoxy groups -OCH3 is 1. The molecular weight excluding hydrogens is 462 g/mol. The van der Waals surface area contributed by atoms with Crippen LogP contribution in [0.4, 0.5) is 4.79 Å². The molecule has 0 saturated carbocycles. The molecule has 2 rings (SSSR count). The number of rotatable bonds is 10. The standard InChI is InChI=1S/C21H24ClNO8S/c1-5-12(3)31-17(24)10-23-20(26)16(32-21(23)27)9-13-7-14(22)19(15(8-13)28-4)30-11-18(25)29-6-2/h7-9,12H,5-6,10-11H2,1-4H3/b16-9-/t12-/m1/s1. The molecule has 1 aliphatic heterocycles. The Hall–Kier alpha value is -2.72. The van der Waals surface area contributed by atoms with Crippen molar-refractivity contribution in [1.29, 1.82) is 0 Å². The number of hydrogen-bond donors (Lipinski definition) is 0. The molecule has 1 aliphatic rings. The van der Waals surface area contributed by atoms with Crippen molar-refractivity contribution in [3.05, 3.63) is 27.6 Å². The topological polar surface area (TPSA) is 108 Å². The molecule has 1 heterocycles. The van der Waals surface area contributed by atoms with Gasteiger partial charge in [-0.05, 0) is 55.8 Å². The number of carbonyl (C=O) groups excluding carboxylic acids is 4. The monoisotopic (exact) mass is 485 g/mol. The van der Waals surface area contributed by atoms with E-state index in [0.717, 1.165) is 4.90 Å². The van der Waals surface area contributed by atoms with Crippen LogP contribution in [0.2, 0.25) is 5.02 Å². The van der Waals surface area contributed by atoms with Crippen molar-refractivity contribution in [3.8, 4) is 11.5 Å². The predicted octanol–water partition coefficient (Wildman–Crippen LogP) is 3.67. The van der Waals surface area contributed by atoms with Gasteiger partial charge in [0, 0.05) is 0 Å². The minimum atomic E-state index is -0.657. The zero-order valence-electron chi connectivity index (χ0n) is 18.1. The lowest BCUT2D eigenvalue weighted by Crippen LogP contribution is -2.35. The van der Waals surface area contributed by atoms with Crippen molar-refractivity contribution >= 4 is 52.5 Å². The Morgan fingerprint density at radius 1 is 1.22 bits per heavy atom. The fraction of sp³-hybridized carbons (Fsp3) is 0.429. The Labute approximate surface area is 194 Å². The van der Waals surface area contributed by atoms with Crippen LogP contribution in [0.5, 0.6) is 11.5 Å². The summed E-state index contributed by atoms with van der Waals surface area (Å²) in [5, 5.41) is -0.439. The van der Waals surface area contributed by atoms with Crippen LogP contribution in [0, 0.1) is 0 Å². The first kappa shape index (κ1) is 25.5. The number of amides is 2. The Morgan fingerprint density at radius 2 is 1.94 bits per heavy atom. The van der Waals surface area contributed by atoms with E-state index in [1.807, 2.05) is 6.92 Å². The molecule has 1 aromatic rings. The maximum Gasteiger partial charge on any atom is 0.344 e. The fourth-order valence-corrected chi connectivity index (χ4v) is 3.67. The van der Waals surface area contributed by atoms with Gasteiger partial charge in [0.15, 0.2) is 18.1 Å². The molecule has 2 amide bonds. The van der Waals surface area contributed by atoms with Gasteiger partial charge in [0.25, 0.3) is 11.1 Å². The molecule has 32 heavy (non-hydrogen) atoms. The van der Waals surface area contributed by atoms with Crippen molar-refractivity contribution in [2.45, 2.75) is 33.3 Å². The zero-order chi connectivity index (χ0) is 23.8. The third-order valence-corrected chi connectivity index (χ3v) is 5.45. The summed E-state index contributed by atoms with van der Waals surface area (Å²) >= 11 is 6.97. The van der Waals surface area contributed by atoms with Crippen molar-refractivity contribution in [2.75, 3.05) is 26.9 Å². The third kappa shape index (κ3) is 6.64. The molecule has 0 aromatic heterocycles. The first-order valence-electron chi connectivity index (χ1n) is 9.80. The highest BCUT2D eigenvalue weighted by molar-refractivity contribution is 8.18. The number of ether oxygens (including phenoxy) is 4. The minimum absolute atomic E-state index is 0.115. The number of nitrogens with zero attached hydrogens (tertiary/aromatic N) is 1. The second kappa shape index (κ2) is 11.8. The van der Waals surface area contributed by atoms with E-state index in [1.165, 1.54) is 25.3 Å². The molecule has 0 unspecified atom stereocenters. The maximum atomic E-state index is 12.6. The Balaban J connectivity index is 2.18. The molecule has 0 bridgehead atoms. The molecule has 1 atom stereocenters. The lowest BCUT2D eigenvalue weighted by Gasteiger charge is -2.15. The largest absolute Gasteiger partial charge is 0.493 e. The highest BCUT2D eigenvalue weighted by Crippen LogP contribution is 2.39. The van der Waals surface area contributed by atoms with Gasteiger partial charge in [0.1, 0.15) is 6.54 Å². The van der Waals surface area contributed by atoms with E-state index in [2.05, 4.69) is 0 Å². The second-order valence-electron chi connectivity index (χ2n) is 6.60. The fourth-order valence-electron chi connectivity index (χ4n) is 2.56. The van der Waals surface area contributed by atoms with Crippen LogP contribution in [0.15, 0.2) is 17.0 Å². The number of hydrogen-bond acceptors (Lipinski definition) is 9. The number of esters is 2. The van der Waals surface area contributed by atoms with Gasteiger partial charge in [-0.15, -0.1) is 0 Å². The average Bonchev–Trinajstić information content (AvgIpc) is 2.99. The Kier molecular flexibility index (Phi) is 9.40. The van der Waals surface area contributed by atoms with Gasteiger partial charge in [-0.1, -0.05) is 18.5 Å². The first-order chi connectivity index (χ1) is 15.2. The molecule has 9 nitrogen and oxygen atoms in total. The first-order valence-corrected chi connectivity index (χ1v) is 11.0. The van der Waals surface area contributed by atoms with Crippen molar-refractivity contribution < 1.29 is 38.1 Å². The minimum Gasteiger partial charge on any atom is -0.493 e. The maximum absolute atomic E-state index is 12.6. The number of halogens is 1. The molecule has 11 heteroatoms. The number of imide groups is 1. The van der Waals surface area contributed by atoms with Crippen LogP contribution in [0.3, 0.4) is 0 Å². The van der Waals surface area contributed by atoms with E-state index in [0.29, 0.717) is 23.7 Å². The zero-order valence-corrected chi connectivity index (χ0v) is 19.7. The van der Waals surface area contributed by atoms with Crippen molar-refractivity contribution in [3.63, 3.8) is 0 Å². The summed E-state index contributed by atoms with van der Waals surface area (Å²) < 4.78 is 20.6. The lowest BCUT2D eigenvalue weighted by atomic mass is 10.1. The van der Waals surface area contributed by atoms with Crippen LogP contribution in [0.1, 0.15) is 32.8 Å². The average molecular weight is 486 g/mol. The summed E-state index contributed by atoms with van der Waals surface area (Å²) in [7, 11) is 1.39. The van der Waals surface area contributed by atoms with Gasteiger partial charge in [-0.25, -0.2) is 4.79 Å². The highest BCUT2D eigenvalue weighted by Gasteiger charge is 2.37. The quantitative estimate of drug-likeness (QED) is 0.362. The van der Waals surface area contributed by atoms with Gasteiger partial charge in [-0.3, -0.25) is 19.3 Å². The number of thioether (sulfide) groups is 1. The molecule has 1 fully saturated rings. The van der Waals surface area contributed by atoms with Crippen LogP contribution >= 0.6 is 23.4 Å². The van der Waals surface area contributed by atoms with E-state index in [4.69, 9.17) is 30.5 Å². The summed E-state index contributed by atoms with van der Waals surface area (Å²) in [6.45, 7) is 4.66.